The highest BCUT2D eigenvalue weighted by Crippen LogP contribution is 2.22. The SMILES string of the molecule is N=C(N)c1ccc(OCCC(F)(F)F)c(F)c1. The average Bonchev–Trinajstić information content (AvgIpc) is 2.18. The molecule has 7 heteroatoms. The standard InChI is InChI=1S/C10H10F4N2O/c11-7-5-6(9(15)16)1-2-8(7)17-4-3-10(12,13)14/h1-2,5H,3-4H2,(H3,15,16). The molecule has 0 fully saturated rings. The highest BCUT2D eigenvalue weighted by atomic mass is 19.4. The van der Waals surface area contributed by atoms with Gasteiger partial charge < -0.3 is 10.5 Å². The second kappa shape index (κ2) is 5.03. The Labute approximate surface area is 94.7 Å². The lowest BCUT2D eigenvalue weighted by atomic mass is 10.2. The Kier molecular flexibility index (Phi) is 3.93. The van der Waals surface area contributed by atoms with Crippen LogP contribution in [0.15, 0.2) is 18.2 Å². The number of halogens is 4. The minimum Gasteiger partial charge on any atom is -0.490 e. The molecule has 0 unspecified atom stereocenters. The first-order valence-electron chi connectivity index (χ1n) is 4.63. The van der Waals surface area contributed by atoms with Crippen molar-refractivity contribution in [3.05, 3.63) is 29.6 Å². The zero-order valence-corrected chi connectivity index (χ0v) is 8.64. The van der Waals surface area contributed by atoms with Crippen LogP contribution in [0.5, 0.6) is 5.75 Å². The first kappa shape index (κ1) is 13.3. The third-order valence-corrected chi connectivity index (χ3v) is 1.89. The van der Waals surface area contributed by atoms with E-state index in [1.165, 1.54) is 6.07 Å². The summed E-state index contributed by atoms with van der Waals surface area (Å²) in [7, 11) is 0. The molecule has 0 aliphatic carbocycles. The number of hydrogen-bond donors (Lipinski definition) is 2. The largest absolute Gasteiger partial charge is 0.490 e. The molecule has 94 valence electrons. The summed E-state index contributed by atoms with van der Waals surface area (Å²) in [5.41, 5.74) is 5.26. The molecule has 0 atom stereocenters. The van der Waals surface area contributed by atoms with Crippen LogP contribution in [0.3, 0.4) is 0 Å². The molecule has 3 nitrogen and oxygen atoms in total. The lowest BCUT2D eigenvalue weighted by Gasteiger charge is -2.09. The first-order chi connectivity index (χ1) is 7.79. The Morgan fingerprint density at radius 2 is 2.00 bits per heavy atom. The van der Waals surface area contributed by atoms with Crippen LogP contribution in [-0.2, 0) is 0 Å². The van der Waals surface area contributed by atoms with E-state index in [-0.39, 0.29) is 17.1 Å². The predicted octanol–water partition coefficient (Wildman–Crippen LogP) is 2.44. The highest BCUT2D eigenvalue weighted by Gasteiger charge is 2.27. The Morgan fingerprint density at radius 3 is 2.47 bits per heavy atom. The van der Waals surface area contributed by atoms with Crippen LogP contribution >= 0.6 is 0 Å². The van der Waals surface area contributed by atoms with Crippen molar-refractivity contribution in [2.45, 2.75) is 12.6 Å². The molecule has 17 heavy (non-hydrogen) atoms. The van der Waals surface area contributed by atoms with E-state index >= 15 is 0 Å². The maximum atomic E-state index is 13.3. The fraction of sp³-hybridized carbons (Fsp3) is 0.300. The maximum absolute atomic E-state index is 13.3. The summed E-state index contributed by atoms with van der Waals surface area (Å²) in [5.74, 6) is -1.47. The molecule has 3 N–H and O–H groups in total. The van der Waals surface area contributed by atoms with Gasteiger partial charge in [0, 0.05) is 5.56 Å². The zero-order chi connectivity index (χ0) is 13.1. The van der Waals surface area contributed by atoms with E-state index in [1.54, 1.807) is 0 Å². The van der Waals surface area contributed by atoms with E-state index in [0.29, 0.717) is 0 Å². The zero-order valence-electron chi connectivity index (χ0n) is 8.64. The molecule has 0 aliphatic rings. The van der Waals surface area contributed by atoms with Crippen LogP contribution in [0.4, 0.5) is 17.6 Å². The van der Waals surface area contributed by atoms with Crippen molar-refractivity contribution in [2.24, 2.45) is 5.73 Å². The van der Waals surface area contributed by atoms with Crippen molar-refractivity contribution >= 4 is 5.84 Å². The van der Waals surface area contributed by atoms with Gasteiger partial charge in [-0.2, -0.15) is 13.2 Å². The minimum atomic E-state index is -4.34. The van der Waals surface area contributed by atoms with E-state index in [2.05, 4.69) is 4.74 Å². The molecular formula is C10H10F4N2O. The number of amidine groups is 1. The van der Waals surface area contributed by atoms with Gasteiger partial charge in [0.15, 0.2) is 11.6 Å². The predicted molar refractivity (Wildman–Crippen MR) is 53.6 cm³/mol. The third-order valence-electron chi connectivity index (χ3n) is 1.89. The van der Waals surface area contributed by atoms with Gasteiger partial charge in [0.25, 0.3) is 0 Å². The van der Waals surface area contributed by atoms with Crippen LogP contribution in [0.1, 0.15) is 12.0 Å². The Hall–Kier alpha value is -1.79. The molecule has 0 aromatic heterocycles. The van der Waals surface area contributed by atoms with Crippen LogP contribution in [0, 0.1) is 11.2 Å². The molecule has 0 saturated heterocycles. The smallest absolute Gasteiger partial charge is 0.392 e. The molecule has 0 aliphatic heterocycles. The van der Waals surface area contributed by atoms with Crippen molar-refractivity contribution in [2.75, 3.05) is 6.61 Å². The Balaban J connectivity index is 2.64. The molecule has 0 bridgehead atoms. The van der Waals surface area contributed by atoms with E-state index in [4.69, 9.17) is 11.1 Å². The fourth-order valence-corrected chi connectivity index (χ4v) is 1.06. The molecule has 0 spiro atoms. The van der Waals surface area contributed by atoms with Gasteiger partial charge >= 0.3 is 6.18 Å². The molecule has 1 rings (SSSR count). The van der Waals surface area contributed by atoms with Gasteiger partial charge in [-0.3, -0.25) is 5.41 Å². The number of nitrogens with two attached hydrogens (primary N) is 1. The summed E-state index contributed by atoms with van der Waals surface area (Å²) in [5, 5.41) is 7.04. The van der Waals surface area contributed by atoms with Crippen LogP contribution in [0.2, 0.25) is 0 Å². The van der Waals surface area contributed by atoms with Crippen molar-refractivity contribution in [3.8, 4) is 5.75 Å². The second-order valence-corrected chi connectivity index (χ2v) is 3.27. The van der Waals surface area contributed by atoms with Gasteiger partial charge in [-0.15, -0.1) is 0 Å². The third kappa shape index (κ3) is 4.29. The number of nitrogens with one attached hydrogen (secondary N) is 1. The van der Waals surface area contributed by atoms with Crippen LogP contribution < -0.4 is 10.5 Å². The van der Waals surface area contributed by atoms with Gasteiger partial charge in [0.2, 0.25) is 0 Å². The quantitative estimate of drug-likeness (QED) is 0.490. The summed E-state index contributed by atoms with van der Waals surface area (Å²) in [6.07, 6.45) is -5.49. The normalized spacial score (nSPS) is 11.3. The van der Waals surface area contributed by atoms with Crippen LogP contribution in [-0.4, -0.2) is 18.6 Å². The molecule has 1 aromatic rings. The van der Waals surface area contributed by atoms with Crippen molar-refractivity contribution in [1.29, 1.82) is 5.41 Å². The van der Waals surface area contributed by atoms with Crippen molar-refractivity contribution < 1.29 is 22.3 Å². The van der Waals surface area contributed by atoms with Gasteiger partial charge in [-0.25, -0.2) is 4.39 Å². The summed E-state index contributed by atoms with van der Waals surface area (Å²) in [6, 6.07) is 3.38. The lowest BCUT2D eigenvalue weighted by Crippen LogP contribution is -2.14. The van der Waals surface area contributed by atoms with Gasteiger partial charge in [-0.1, -0.05) is 0 Å². The van der Waals surface area contributed by atoms with E-state index in [9.17, 15) is 17.6 Å². The van der Waals surface area contributed by atoms with Crippen molar-refractivity contribution in [1.82, 2.24) is 0 Å². The van der Waals surface area contributed by atoms with E-state index in [0.717, 1.165) is 12.1 Å². The highest BCUT2D eigenvalue weighted by molar-refractivity contribution is 5.95. The van der Waals surface area contributed by atoms with Crippen molar-refractivity contribution in [3.63, 3.8) is 0 Å². The molecular weight excluding hydrogens is 240 g/mol. The number of hydrogen-bond acceptors (Lipinski definition) is 2. The summed E-state index contributed by atoms with van der Waals surface area (Å²) in [6.45, 7) is -0.653. The molecule has 1 aromatic carbocycles. The Bertz CT molecular complexity index is 417. The van der Waals surface area contributed by atoms with E-state index < -0.39 is 25.0 Å². The van der Waals surface area contributed by atoms with Gasteiger partial charge in [-0.05, 0) is 18.2 Å². The Morgan fingerprint density at radius 1 is 1.35 bits per heavy atom. The molecule has 0 radical (unpaired) electrons. The maximum Gasteiger partial charge on any atom is 0.392 e. The first-order valence-corrected chi connectivity index (χ1v) is 4.63. The summed E-state index contributed by atoms with van der Waals surface area (Å²) >= 11 is 0. The molecule has 0 amide bonds. The summed E-state index contributed by atoms with van der Waals surface area (Å²) < 4.78 is 53.3. The monoisotopic (exact) mass is 250 g/mol. The average molecular weight is 250 g/mol. The molecule has 0 heterocycles. The minimum absolute atomic E-state index is 0.144. The number of alkyl halides is 3. The fourth-order valence-electron chi connectivity index (χ4n) is 1.06. The van der Waals surface area contributed by atoms with Gasteiger partial charge in [0.05, 0.1) is 13.0 Å². The number of benzene rings is 1. The number of rotatable bonds is 4. The van der Waals surface area contributed by atoms with E-state index in [1.807, 2.05) is 0 Å². The topological polar surface area (TPSA) is 59.1 Å². The number of ether oxygens (including phenoxy) is 1. The van der Waals surface area contributed by atoms with Gasteiger partial charge in [0.1, 0.15) is 5.84 Å². The molecule has 0 saturated carbocycles. The summed E-state index contributed by atoms with van der Waals surface area (Å²) in [4.78, 5) is 0. The number of nitrogen functional groups attached to an aromatic ring is 1. The second-order valence-electron chi connectivity index (χ2n) is 3.27. The van der Waals surface area contributed by atoms with Crippen LogP contribution in [0.25, 0.3) is 0 Å². The lowest BCUT2D eigenvalue weighted by molar-refractivity contribution is -0.139.